The van der Waals surface area contributed by atoms with Crippen LogP contribution in [0.2, 0.25) is 0 Å². The van der Waals surface area contributed by atoms with E-state index in [9.17, 15) is 10.2 Å². The first-order valence-corrected chi connectivity index (χ1v) is 9.68. The first kappa shape index (κ1) is 19.9. The largest absolute Gasteiger partial charge is 0.390 e. The first-order valence-electron chi connectivity index (χ1n) is 9.68. The van der Waals surface area contributed by atoms with Crippen molar-refractivity contribution in [2.75, 3.05) is 23.3 Å². The van der Waals surface area contributed by atoms with Crippen molar-refractivity contribution in [3.8, 4) is 11.4 Å². The van der Waals surface area contributed by atoms with Crippen molar-refractivity contribution in [3.05, 3.63) is 54.1 Å². The van der Waals surface area contributed by atoms with Crippen LogP contribution in [0, 0.1) is 12.3 Å². The number of nitrogens with one attached hydrogen (secondary N) is 2. The molecule has 2 atom stereocenters. The van der Waals surface area contributed by atoms with E-state index in [1.807, 2.05) is 36.1 Å². The summed E-state index contributed by atoms with van der Waals surface area (Å²) in [6.07, 6.45) is 5.17. The Balaban J connectivity index is 1.61. The molecule has 1 aliphatic rings. The lowest BCUT2D eigenvalue weighted by molar-refractivity contribution is 0.00787. The quantitative estimate of drug-likeness (QED) is 0.474. The predicted molar refractivity (Wildman–Crippen MR) is 114 cm³/mol. The molecule has 0 aliphatic carbocycles. The summed E-state index contributed by atoms with van der Waals surface area (Å²) in [5, 5.41) is 30.7. The molecule has 1 saturated heterocycles. The van der Waals surface area contributed by atoms with E-state index >= 15 is 0 Å². The Kier molecular flexibility index (Phi) is 5.64. The number of nitrogens with zero attached hydrogens (tertiary/aromatic N) is 5. The molecule has 3 aromatic heterocycles. The Labute approximate surface area is 174 Å². The van der Waals surface area contributed by atoms with Crippen molar-refractivity contribution >= 4 is 23.5 Å². The van der Waals surface area contributed by atoms with Gasteiger partial charge in [-0.2, -0.15) is 0 Å². The zero-order valence-corrected chi connectivity index (χ0v) is 16.5. The lowest BCUT2D eigenvalue weighted by Gasteiger charge is -2.34. The van der Waals surface area contributed by atoms with Gasteiger partial charge in [-0.05, 0) is 31.5 Å². The fraction of sp³-hybridized carbons (Fsp3) is 0.286. The third-order valence-electron chi connectivity index (χ3n) is 4.98. The first-order chi connectivity index (χ1) is 14.5. The minimum absolute atomic E-state index is 0.328. The molecular weight excluding hydrogens is 382 g/mol. The standard InChI is InChI=1S/C21H23N7O2/c1-13-9-23-11-17(25-13)16-7-15(14(8-22)10-24-16)26-20-3-2-4-21(27-20)28-6-5-18(29)19(30)12-28/h2-4,7-11,18-19,22,29-30H,5-6,12H2,1H3,(H,24,26,27). The molecule has 9 heteroatoms. The van der Waals surface area contributed by atoms with Crippen LogP contribution in [0.3, 0.4) is 0 Å². The van der Waals surface area contributed by atoms with Crippen LogP contribution in [0.15, 0.2) is 42.9 Å². The highest BCUT2D eigenvalue weighted by Crippen LogP contribution is 2.26. The molecule has 0 spiro atoms. The summed E-state index contributed by atoms with van der Waals surface area (Å²) >= 11 is 0. The number of aromatic nitrogens is 4. The number of rotatable bonds is 5. The van der Waals surface area contributed by atoms with Crippen LogP contribution in [0.1, 0.15) is 17.7 Å². The molecular formula is C21H23N7O2. The van der Waals surface area contributed by atoms with Gasteiger partial charge in [0.05, 0.1) is 35.5 Å². The minimum atomic E-state index is -0.792. The van der Waals surface area contributed by atoms with Crippen LogP contribution in [0.25, 0.3) is 11.4 Å². The molecule has 9 nitrogen and oxygen atoms in total. The maximum atomic E-state index is 9.96. The Hall–Kier alpha value is -3.43. The van der Waals surface area contributed by atoms with Crippen molar-refractivity contribution in [2.45, 2.75) is 25.6 Å². The van der Waals surface area contributed by atoms with Gasteiger partial charge in [-0.25, -0.2) is 9.97 Å². The van der Waals surface area contributed by atoms with Gasteiger partial charge in [0.2, 0.25) is 0 Å². The minimum Gasteiger partial charge on any atom is -0.390 e. The number of hydrogen-bond acceptors (Lipinski definition) is 9. The fourth-order valence-electron chi connectivity index (χ4n) is 3.35. The second-order valence-corrected chi connectivity index (χ2v) is 7.22. The normalized spacial score (nSPS) is 18.8. The van der Waals surface area contributed by atoms with E-state index in [1.54, 1.807) is 18.6 Å². The van der Waals surface area contributed by atoms with Gasteiger partial charge in [0.1, 0.15) is 17.3 Å². The molecule has 4 N–H and O–H groups in total. The summed E-state index contributed by atoms with van der Waals surface area (Å²) in [7, 11) is 0. The molecule has 2 unspecified atom stereocenters. The van der Waals surface area contributed by atoms with Gasteiger partial charge in [0.15, 0.2) is 0 Å². The van der Waals surface area contributed by atoms with Gasteiger partial charge >= 0.3 is 0 Å². The SMILES string of the molecule is Cc1cncc(-c2cc(Nc3cccc(N4CCC(O)C(O)C4)n3)c(C=N)cn2)n1. The third kappa shape index (κ3) is 4.27. The summed E-state index contributed by atoms with van der Waals surface area (Å²) in [4.78, 5) is 19.6. The summed E-state index contributed by atoms with van der Waals surface area (Å²) in [5.41, 5.74) is 3.38. The average molecular weight is 405 g/mol. The molecule has 0 radical (unpaired) electrons. The zero-order valence-electron chi connectivity index (χ0n) is 16.5. The fourth-order valence-corrected chi connectivity index (χ4v) is 3.35. The highest BCUT2D eigenvalue weighted by molar-refractivity contribution is 5.88. The molecule has 1 fully saturated rings. The Morgan fingerprint density at radius 1 is 1.13 bits per heavy atom. The van der Waals surface area contributed by atoms with Crippen molar-refractivity contribution in [2.24, 2.45) is 0 Å². The molecule has 3 aromatic rings. The van der Waals surface area contributed by atoms with Gasteiger partial charge < -0.3 is 25.8 Å². The molecule has 0 bridgehead atoms. The van der Waals surface area contributed by atoms with E-state index in [0.29, 0.717) is 53.8 Å². The lowest BCUT2D eigenvalue weighted by atomic mass is 10.1. The van der Waals surface area contributed by atoms with Gasteiger partial charge in [0.25, 0.3) is 0 Å². The molecule has 30 heavy (non-hydrogen) atoms. The topological polar surface area (TPSA) is 131 Å². The number of aryl methyl sites for hydroxylation is 1. The van der Waals surface area contributed by atoms with Crippen LogP contribution in [0.5, 0.6) is 0 Å². The van der Waals surface area contributed by atoms with Crippen LogP contribution >= 0.6 is 0 Å². The molecule has 154 valence electrons. The third-order valence-corrected chi connectivity index (χ3v) is 4.98. The maximum absolute atomic E-state index is 9.96. The highest BCUT2D eigenvalue weighted by atomic mass is 16.3. The lowest BCUT2D eigenvalue weighted by Crippen LogP contribution is -2.47. The van der Waals surface area contributed by atoms with Crippen molar-refractivity contribution in [3.63, 3.8) is 0 Å². The summed E-state index contributed by atoms with van der Waals surface area (Å²) in [6, 6.07) is 7.39. The second-order valence-electron chi connectivity index (χ2n) is 7.22. The zero-order chi connectivity index (χ0) is 21.1. The number of anilines is 3. The number of aliphatic hydroxyl groups excluding tert-OH is 2. The van der Waals surface area contributed by atoms with Crippen LogP contribution in [0.4, 0.5) is 17.3 Å². The molecule has 4 rings (SSSR count). The summed E-state index contributed by atoms with van der Waals surface area (Å²) in [6.45, 7) is 2.81. The number of β-amino-alcohol motifs (C(OH)–C–C–N with tert-alkyl or cyclic N) is 1. The monoisotopic (exact) mass is 405 g/mol. The van der Waals surface area contributed by atoms with Crippen molar-refractivity contribution < 1.29 is 10.2 Å². The van der Waals surface area contributed by atoms with E-state index in [0.717, 1.165) is 5.69 Å². The van der Waals surface area contributed by atoms with Crippen LogP contribution < -0.4 is 10.2 Å². The molecule has 1 aliphatic heterocycles. The van der Waals surface area contributed by atoms with Crippen molar-refractivity contribution in [1.29, 1.82) is 5.41 Å². The van der Waals surface area contributed by atoms with E-state index in [-0.39, 0.29) is 0 Å². The number of aliphatic hydroxyl groups is 2. The summed E-state index contributed by atoms with van der Waals surface area (Å²) < 4.78 is 0. The van der Waals surface area contributed by atoms with Gasteiger partial charge in [-0.15, -0.1) is 0 Å². The van der Waals surface area contributed by atoms with Gasteiger partial charge in [-0.3, -0.25) is 9.97 Å². The van der Waals surface area contributed by atoms with Gasteiger partial charge in [0, 0.05) is 37.3 Å². The average Bonchev–Trinajstić information content (AvgIpc) is 2.76. The predicted octanol–water partition coefficient (Wildman–Crippen LogP) is 1.92. The molecule has 0 aromatic carbocycles. The maximum Gasteiger partial charge on any atom is 0.132 e. The van der Waals surface area contributed by atoms with E-state index in [2.05, 4.69) is 25.3 Å². The van der Waals surface area contributed by atoms with E-state index in [1.165, 1.54) is 6.21 Å². The molecule has 0 amide bonds. The van der Waals surface area contributed by atoms with Crippen molar-refractivity contribution in [1.82, 2.24) is 19.9 Å². The van der Waals surface area contributed by atoms with Crippen LogP contribution in [-0.4, -0.2) is 61.7 Å². The van der Waals surface area contributed by atoms with E-state index < -0.39 is 12.2 Å². The highest BCUT2D eigenvalue weighted by Gasteiger charge is 2.26. The second kappa shape index (κ2) is 8.52. The van der Waals surface area contributed by atoms with E-state index in [4.69, 9.17) is 5.41 Å². The Morgan fingerprint density at radius 3 is 2.77 bits per heavy atom. The number of pyridine rings is 2. The van der Waals surface area contributed by atoms with Crippen LogP contribution in [-0.2, 0) is 0 Å². The Morgan fingerprint density at radius 2 is 2.00 bits per heavy atom. The number of hydrogen-bond donors (Lipinski definition) is 4. The number of piperidine rings is 1. The molecule has 4 heterocycles. The smallest absolute Gasteiger partial charge is 0.132 e. The Bertz CT molecular complexity index is 1060. The molecule has 0 saturated carbocycles. The summed E-state index contributed by atoms with van der Waals surface area (Å²) in [5.74, 6) is 1.31. The van der Waals surface area contributed by atoms with Gasteiger partial charge in [-0.1, -0.05) is 6.07 Å².